The second-order valence-electron chi connectivity index (χ2n) is 4.69. The van der Waals surface area contributed by atoms with Crippen LogP contribution in [0.3, 0.4) is 0 Å². The van der Waals surface area contributed by atoms with Crippen LogP contribution in [0.5, 0.6) is 5.75 Å². The highest BCUT2D eigenvalue weighted by Crippen LogP contribution is 2.29. The third-order valence-electron chi connectivity index (χ3n) is 3.26. The molecule has 0 amide bonds. The molecule has 0 unspecified atom stereocenters. The Morgan fingerprint density at radius 1 is 1.33 bits per heavy atom. The number of halogens is 1. The van der Waals surface area contributed by atoms with Crippen LogP contribution in [0.1, 0.15) is 24.4 Å². The van der Waals surface area contributed by atoms with Crippen LogP contribution >= 0.6 is 15.9 Å². The van der Waals surface area contributed by atoms with Crippen molar-refractivity contribution in [3.63, 3.8) is 0 Å². The Kier molecular flexibility index (Phi) is 5.81. The molecule has 0 aliphatic heterocycles. The van der Waals surface area contributed by atoms with Crippen molar-refractivity contribution in [3.8, 4) is 5.75 Å². The van der Waals surface area contributed by atoms with Crippen molar-refractivity contribution in [3.05, 3.63) is 65.4 Å². The van der Waals surface area contributed by atoms with Crippen molar-refractivity contribution in [2.45, 2.75) is 18.9 Å². The molecule has 110 valence electrons. The number of aromatic nitrogens is 1. The van der Waals surface area contributed by atoms with Crippen LogP contribution in [0, 0.1) is 0 Å². The summed E-state index contributed by atoms with van der Waals surface area (Å²) in [6.45, 7) is 3.81. The standard InChI is InChI=1S/C17H19BrN2O/c1-3-4-5-17(15-12-19-11-10-16(15)18)20-13-6-8-14(21-2)9-7-13/h3,6-12,17,20H,1,4-5H2,2H3/t17-/m1/s1. The minimum absolute atomic E-state index is 0.180. The molecule has 3 nitrogen and oxygen atoms in total. The number of benzene rings is 1. The Balaban J connectivity index is 2.19. The highest BCUT2D eigenvalue weighted by atomic mass is 79.9. The van der Waals surface area contributed by atoms with E-state index in [4.69, 9.17) is 4.74 Å². The van der Waals surface area contributed by atoms with E-state index in [1.807, 2.05) is 42.6 Å². The number of nitrogens with zero attached hydrogens (tertiary/aromatic N) is 1. The van der Waals surface area contributed by atoms with Gasteiger partial charge >= 0.3 is 0 Å². The lowest BCUT2D eigenvalue weighted by molar-refractivity contribution is 0.415. The lowest BCUT2D eigenvalue weighted by Crippen LogP contribution is -2.11. The molecule has 0 saturated heterocycles. The summed E-state index contributed by atoms with van der Waals surface area (Å²) in [5.74, 6) is 0.853. The van der Waals surface area contributed by atoms with Crippen molar-refractivity contribution in [1.82, 2.24) is 4.98 Å². The Morgan fingerprint density at radius 3 is 2.71 bits per heavy atom. The van der Waals surface area contributed by atoms with Crippen LogP contribution in [-0.2, 0) is 0 Å². The average molecular weight is 347 g/mol. The van der Waals surface area contributed by atoms with Crippen LogP contribution in [0.2, 0.25) is 0 Å². The van der Waals surface area contributed by atoms with Gasteiger partial charge in [-0.05, 0) is 43.2 Å². The molecule has 2 rings (SSSR count). The molecular formula is C17H19BrN2O. The number of methoxy groups -OCH3 is 1. The van der Waals surface area contributed by atoms with E-state index in [2.05, 4.69) is 32.8 Å². The first-order valence-corrected chi connectivity index (χ1v) is 7.64. The largest absolute Gasteiger partial charge is 0.497 e. The van der Waals surface area contributed by atoms with E-state index in [0.717, 1.165) is 34.3 Å². The molecule has 4 heteroatoms. The van der Waals surface area contributed by atoms with Crippen LogP contribution in [0.25, 0.3) is 0 Å². The van der Waals surface area contributed by atoms with Gasteiger partial charge in [0.15, 0.2) is 0 Å². The van der Waals surface area contributed by atoms with Crippen LogP contribution in [0.4, 0.5) is 5.69 Å². The Morgan fingerprint density at radius 2 is 2.10 bits per heavy atom. The Hall–Kier alpha value is -1.81. The van der Waals surface area contributed by atoms with Crippen molar-refractivity contribution in [2.75, 3.05) is 12.4 Å². The summed E-state index contributed by atoms with van der Waals surface area (Å²) < 4.78 is 6.25. The molecule has 0 fully saturated rings. The number of ether oxygens (including phenoxy) is 1. The lowest BCUT2D eigenvalue weighted by Gasteiger charge is -2.21. The summed E-state index contributed by atoms with van der Waals surface area (Å²) >= 11 is 3.60. The molecule has 0 aliphatic rings. The zero-order chi connectivity index (χ0) is 15.1. The third-order valence-corrected chi connectivity index (χ3v) is 3.98. The summed E-state index contributed by atoms with van der Waals surface area (Å²) in [7, 11) is 1.67. The van der Waals surface area contributed by atoms with E-state index < -0.39 is 0 Å². The molecule has 2 aromatic rings. The summed E-state index contributed by atoms with van der Waals surface area (Å²) in [4.78, 5) is 4.23. The van der Waals surface area contributed by atoms with Gasteiger partial charge in [-0.2, -0.15) is 0 Å². The molecule has 1 aromatic heterocycles. The maximum absolute atomic E-state index is 5.18. The van der Waals surface area contributed by atoms with Gasteiger partial charge in [0.05, 0.1) is 13.2 Å². The number of allylic oxidation sites excluding steroid dienone is 1. The van der Waals surface area contributed by atoms with Crippen molar-refractivity contribution < 1.29 is 4.74 Å². The minimum Gasteiger partial charge on any atom is -0.497 e. The predicted octanol–water partition coefficient (Wildman–Crippen LogP) is 4.97. The molecule has 0 bridgehead atoms. The molecular weight excluding hydrogens is 328 g/mol. The highest BCUT2D eigenvalue weighted by molar-refractivity contribution is 9.10. The third kappa shape index (κ3) is 4.33. The van der Waals surface area contributed by atoms with Gasteiger partial charge in [-0.1, -0.05) is 22.0 Å². The van der Waals surface area contributed by atoms with Crippen LogP contribution < -0.4 is 10.1 Å². The maximum Gasteiger partial charge on any atom is 0.119 e. The van der Waals surface area contributed by atoms with Crippen LogP contribution in [0.15, 0.2) is 59.9 Å². The number of nitrogens with one attached hydrogen (secondary N) is 1. The molecule has 0 aliphatic carbocycles. The van der Waals surface area contributed by atoms with Gasteiger partial charge in [-0.25, -0.2) is 0 Å². The number of anilines is 1. The number of rotatable bonds is 7. The van der Waals surface area contributed by atoms with Crippen molar-refractivity contribution >= 4 is 21.6 Å². The molecule has 0 radical (unpaired) electrons. The Labute approximate surface area is 134 Å². The number of pyridine rings is 1. The zero-order valence-electron chi connectivity index (χ0n) is 12.1. The first-order valence-electron chi connectivity index (χ1n) is 6.85. The van der Waals surface area contributed by atoms with Gasteiger partial charge < -0.3 is 10.1 Å². The molecule has 0 spiro atoms. The monoisotopic (exact) mass is 346 g/mol. The first-order chi connectivity index (χ1) is 10.2. The fourth-order valence-corrected chi connectivity index (χ4v) is 2.62. The van der Waals surface area contributed by atoms with E-state index in [1.165, 1.54) is 0 Å². The van der Waals surface area contributed by atoms with E-state index in [1.54, 1.807) is 13.3 Å². The summed E-state index contributed by atoms with van der Waals surface area (Å²) in [6, 6.07) is 10.1. The first kappa shape index (κ1) is 15.6. The van der Waals surface area contributed by atoms with Gasteiger partial charge in [-0.3, -0.25) is 4.98 Å². The lowest BCUT2D eigenvalue weighted by atomic mass is 10.0. The molecule has 1 atom stereocenters. The fraction of sp³-hybridized carbons (Fsp3) is 0.235. The van der Waals surface area contributed by atoms with Gasteiger partial charge in [-0.15, -0.1) is 6.58 Å². The number of hydrogen-bond acceptors (Lipinski definition) is 3. The quantitative estimate of drug-likeness (QED) is 0.718. The van der Waals surface area contributed by atoms with Crippen LogP contribution in [-0.4, -0.2) is 12.1 Å². The smallest absolute Gasteiger partial charge is 0.119 e. The highest BCUT2D eigenvalue weighted by Gasteiger charge is 2.14. The molecule has 1 heterocycles. The Bertz CT molecular complexity index is 584. The molecule has 21 heavy (non-hydrogen) atoms. The van der Waals surface area contributed by atoms with Gasteiger partial charge in [0, 0.05) is 28.1 Å². The van der Waals surface area contributed by atoms with Crippen molar-refractivity contribution in [1.29, 1.82) is 0 Å². The van der Waals surface area contributed by atoms with Gasteiger partial charge in [0.1, 0.15) is 5.75 Å². The summed E-state index contributed by atoms with van der Waals surface area (Å²) in [6.07, 6.45) is 7.52. The van der Waals surface area contributed by atoms with E-state index in [0.29, 0.717) is 0 Å². The topological polar surface area (TPSA) is 34.1 Å². The second kappa shape index (κ2) is 7.84. The van der Waals surface area contributed by atoms with E-state index >= 15 is 0 Å². The number of hydrogen-bond donors (Lipinski definition) is 1. The van der Waals surface area contributed by atoms with E-state index in [9.17, 15) is 0 Å². The maximum atomic E-state index is 5.18. The van der Waals surface area contributed by atoms with Gasteiger partial charge in [0.2, 0.25) is 0 Å². The van der Waals surface area contributed by atoms with E-state index in [-0.39, 0.29) is 6.04 Å². The summed E-state index contributed by atoms with van der Waals surface area (Å²) in [5, 5.41) is 3.55. The minimum atomic E-state index is 0.180. The summed E-state index contributed by atoms with van der Waals surface area (Å²) in [5.41, 5.74) is 2.20. The SMILES string of the molecule is C=CCC[C@@H](Nc1ccc(OC)cc1)c1cnccc1Br. The fourth-order valence-electron chi connectivity index (χ4n) is 2.12. The molecule has 0 saturated carbocycles. The second-order valence-corrected chi connectivity index (χ2v) is 5.54. The molecule has 1 aromatic carbocycles. The zero-order valence-corrected chi connectivity index (χ0v) is 13.6. The van der Waals surface area contributed by atoms with Gasteiger partial charge in [0.25, 0.3) is 0 Å². The average Bonchev–Trinajstić information content (AvgIpc) is 2.53. The van der Waals surface area contributed by atoms with Crippen molar-refractivity contribution in [2.24, 2.45) is 0 Å². The normalized spacial score (nSPS) is 11.7. The molecule has 1 N–H and O–H groups in total. The predicted molar refractivity (Wildman–Crippen MR) is 90.7 cm³/mol.